The minimum atomic E-state index is -0.221. The Kier molecular flexibility index (Phi) is 2.89. The maximum Gasteiger partial charge on any atom is 0.315 e. The van der Waals surface area contributed by atoms with E-state index in [1.807, 2.05) is 4.90 Å². The highest BCUT2D eigenvalue weighted by Gasteiger charge is 2.43. The van der Waals surface area contributed by atoms with E-state index >= 15 is 0 Å². The number of nitrogens with two attached hydrogens (primary N) is 1. The molecule has 0 radical (unpaired) electrons. The molecule has 2 aliphatic heterocycles. The molecule has 0 aromatic heterocycles. The van der Waals surface area contributed by atoms with Gasteiger partial charge in [-0.05, 0) is 25.7 Å². The highest BCUT2D eigenvalue weighted by atomic mass is 19.1. The standard InChI is InChI=1S/C7H12N2O.CH3F.H2/c8-7(10)9-5-2-1-3-6(9)4-5;1-2;/h5-6H,1-4H2,(H2,8,10);1H3;1H. The number of carbonyl (C=O) groups is 1. The Morgan fingerprint density at radius 1 is 1.50 bits per heavy atom. The fourth-order valence-corrected chi connectivity index (χ4v) is 2.16. The molecule has 2 atom stereocenters. The predicted octanol–water partition coefficient (Wildman–Crippen LogP) is 1.52. The van der Waals surface area contributed by atoms with Crippen LogP contribution in [-0.2, 0) is 0 Å². The number of urea groups is 1. The molecule has 1 saturated carbocycles. The lowest BCUT2D eigenvalue weighted by atomic mass is 9.80. The molecule has 0 spiro atoms. The molecule has 3 aliphatic rings. The van der Waals surface area contributed by atoms with E-state index in [2.05, 4.69) is 0 Å². The Hall–Kier alpha value is -0.800. The van der Waals surface area contributed by atoms with Crippen molar-refractivity contribution in [3.8, 4) is 0 Å². The first-order valence-corrected chi connectivity index (χ1v) is 4.24. The van der Waals surface area contributed by atoms with Gasteiger partial charge in [0.1, 0.15) is 0 Å². The van der Waals surface area contributed by atoms with Gasteiger partial charge in [0.2, 0.25) is 0 Å². The number of carbonyl (C=O) groups excluding carboxylic acids is 1. The van der Waals surface area contributed by atoms with Gasteiger partial charge in [0.25, 0.3) is 0 Å². The van der Waals surface area contributed by atoms with Crippen LogP contribution in [0.1, 0.15) is 27.1 Å². The van der Waals surface area contributed by atoms with Crippen LogP contribution in [0.4, 0.5) is 9.18 Å². The molecule has 2 N–H and O–H groups in total. The van der Waals surface area contributed by atoms with E-state index in [9.17, 15) is 9.18 Å². The molecule has 2 unspecified atom stereocenters. The van der Waals surface area contributed by atoms with Gasteiger partial charge >= 0.3 is 6.03 Å². The van der Waals surface area contributed by atoms with Gasteiger partial charge in [-0.1, -0.05) is 0 Å². The summed E-state index contributed by atoms with van der Waals surface area (Å²) < 4.78 is 9.50. The molecule has 2 amide bonds. The average molecular weight is 176 g/mol. The lowest BCUT2D eigenvalue weighted by Gasteiger charge is -2.51. The van der Waals surface area contributed by atoms with Crippen molar-refractivity contribution >= 4 is 6.03 Å². The molecule has 72 valence electrons. The number of halogens is 1. The zero-order valence-corrected chi connectivity index (χ0v) is 7.29. The number of hydrogen-bond donors (Lipinski definition) is 1. The second-order valence-corrected chi connectivity index (χ2v) is 3.22. The molecule has 12 heavy (non-hydrogen) atoms. The van der Waals surface area contributed by atoms with Crippen LogP contribution in [0, 0.1) is 0 Å². The Morgan fingerprint density at radius 3 is 2.25 bits per heavy atom. The summed E-state index contributed by atoms with van der Waals surface area (Å²) in [5.74, 6) is 0. The van der Waals surface area contributed by atoms with E-state index in [0.717, 1.165) is 0 Å². The van der Waals surface area contributed by atoms with Gasteiger partial charge < -0.3 is 10.6 Å². The molecule has 1 aliphatic carbocycles. The lowest BCUT2D eigenvalue weighted by molar-refractivity contribution is 0.0153. The maximum atomic E-state index is 10.7. The summed E-state index contributed by atoms with van der Waals surface area (Å²) in [6.07, 6.45) is 4.81. The van der Waals surface area contributed by atoms with E-state index in [4.69, 9.17) is 5.73 Å². The highest BCUT2D eigenvalue weighted by Crippen LogP contribution is 2.37. The first-order chi connectivity index (χ1) is 5.79. The monoisotopic (exact) mass is 176 g/mol. The third-order valence-corrected chi connectivity index (χ3v) is 2.66. The quantitative estimate of drug-likeness (QED) is 0.597. The number of rotatable bonds is 0. The van der Waals surface area contributed by atoms with E-state index in [1.54, 1.807) is 0 Å². The van der Waals surface area contributed by atoms with E-state index < -0.39 is 0 Å². The van der Waals surface area contributed by atoms with Crippen LogP contribution in [0.25, 0.3) is 0 Å². The van der Waals surface area contributed by atoms with Crippen LogP contribution in [0.2, 0.25) is 0 Å². The number of primary amides is 1. The van der Waals surface area contributed by atoms with Crippen LogP contribution in [0.15, 0.2) is 0 Å². The molecule has 4 heteroatoms. The largest absolute Gasteiger partial charge is 0.351 e. The number of alkyl halides is 1. The van der Waals surface area contributed by atoms with Gasteiger partial charge in [-0.25, -0.2) is 4.79 Å². The predicted molar refractivity (Wildman–Crippen MR) is 46.6 cm³/mol. The van der Waals surface area contributed by atoms with Crippen molar-refractivity contribution < 1.29 is 10.6 Å². The zero-order valence-electron chi connectivity index (χ0n) is 7.29. The number of hydrogen-bond acceptors (Lipinski definition) is 1. The Bertz CT molecular complexity index is 166. The second-order valence-electron chi connectivity index (χ2n) is 3.22. The Labute approximate surface area is 73.2 Å². The topological polar surface area (TPSA) is 46.3 Å². The molecule has 0 aromatic carbocycles. The summed E-state index contributed by atoms with van der Waals surface area (Å²) in [4.78, 5) is 12.6. The van der Waals surface area contributed by atoms with E-state index in [-0.39, 0.29) is 7.46 Å². The minimum Gasteiger partial charge on any atom is -0.351 e. The number of amides is 2. The Morgan fingerprint density at radius 2 is 2.00 bits per heavy atom. The fourth-order valence-electron chi connectivity index (χ4n) is 2.16. The first kappa shape index (κ1) is 9.29. The molecular formula is C8H17FN2O. The van der Waals surface area contributed by atoms with Crippen LogP contribution in [0.3, 0.4) is 0 Å². The molecule has 2 heterocycles. The van der Waals surface area contributed by atoms with Crippen molar-refractivity contribution in [1.82, 2.24) is 4.90 Å². The summed E-state index contributed by atoms with van der Waals surface area (Å²) in [5.41, 5.74) is 5.18. The number of nitrogens with zero attached hydrogens (tertiary/aromatic N) is 1. The summed E-state index contributed by atoms with van der Waals surface area (Å²) >= 11 is 0. The second kappa shape index (κ2) is 3.74. The third kappa shape index (κ3) is 1.38. The summed E-state index contributed by atoms with van der Waals surface area (Å²) in [5, 5.41) is 0. The molecule has 3 nitrogen and oxygen atoms in total. The molecule has 2 bridgehead atoms. The first-order valence-electron chi connectivity index (χ1n) is 4.24. The smallest absolute Gasteiger partial charge is 0.315 e. The maximum absolute atomic E-state index is 10.7. The minimum absolute atomic E-state index is 0. The van der Waals surface area contributed by atoms with Gasteiger partial charge in [-0.2, -0.15) is 0 Å². The van der Waals surface area contributed by atoms with Gasteiger partial charge in [0.05, 0.1) is 7.18 Å². The molecule has 2 saturated heterocycles. The molecule has 3 fully saturated rings. The summed E-state index contributed by atoms with van der Waals surface area (Å²) in [7, 11) is 0.500. The van der Waals surface area contributed by atoms with Crippen molar-refractivity contribution in [2.45, 2.75) is 37.8 Å². The van der Waals surface area contributed by atoms with Crippen LogP contribution in [-0.4, -0.2) is 30.2 Å². The number of piperidine rings is 1. The van der Waals surface area contributed by atoms with Crippen molar-refractivity contribution in [2.75, 3.05) is 7.18 Å². The number of fused-ring (bicyclic) bond motifs is 2. The molecule has 0 aromatic rings. The summed E-state index contributed by atoms with van der Waals surface area (Å²) in [6, 6.07) is 0.772. The molecule has 3 rings (SSSR count). The van der Waals surface area contributed by atoms with Crippen LogP contribution < -0.4 is 5.73 Å². The highest BCUT2D eigenvalue weighted by molar-refractivity contribution is 5.74. The van der Waals surface area contributed by atoms with Crippen LogP contribution in [0.5, 0.6) is 0 Å². The van der Waals surface area contributed by atoms with E-state index in [1.165, 1.54) is 25.7 Å². The SMILES string of the molecule is CF.NC(=O)N1C2CCCC1C2.[HH]. The van der Waals surface area contributed by atoms with E-state index in [0.29, 0.717) is 19.3 Å². The van der Waals surface area contributed by atoms with Crippen molar-refractivity contribution in [3.63, 3.8) is 0 Å². The normalized spacial score (nSPS) is 31.3. The summed E-state index contributed by atoms with van der Waals surface area (Å²) in [6.45, 7) is 0. The van der Waals surface area contributed by atoms with Crippen molar-refractivity contribution in [2.24, 2.45) is 5.73 Å². The fraction of sp³-hybridized carbons (Fsp3) is 0.875. The van der Waals surface area contributed by atoms with Crippen LogP contribution >= 0.6 is 0 Å². The molecular weight excluding hydrogens is 159 g/mol. The van der Waals surface area contributed by atoms with Gasteiger partial charge in [0.15, 0.2) is 0 Å². The Balaban J connectivity index is 0.000000451. The van der Waals surface area contributed by atoms with Gasteiger partial charge in [-0.3, -0.25) is 4.39 Å². The van der Waals surface area contributed by atoms with Gasteiger partial charge in [0, 0.05) is 13.5 Å². The van der Waals surface area contributed by atoms with Crippen molar-refractivity contribution in [3.05, 3.63) is 0 Å². The zero-order chi connectivity index (χ0) is 9.14. The van der Waals surface area contributed by atoms with Gasteiger partial charge in [-0.15, -0.1) is 0 Å². The van der Waals surface area contributed by atoms with Crippen molar-refractivity contribution in [1.29, 1.82) is 0 Å². The average Bonchev–Trinajstić information content (AvgIpc) is 2.08. The third-order valence-electron chi connectivity index (χ3n) is 2.66. The lowest BCUT2D eigenvalue weighted by Crippen LogP contribution is -2.62.